The zero-order chi connectivity index (χ0) is 12.2. The van der Waals surface area contributed by atoms with Gasteiger partial charge in [0.15, 0.2) is 0 Å². The number of rotatable bonds is 4. The Morgan fingerprint density at radius 1 is 1.31 bits per heavy atom. The van der Waals surface area contributed by atoms with Crippen LogP contribution in [-0.2, 0) is 0 Å². The molecule has 0 spiro atoms. The minimum Gasteiger partial charge on any atom is -0.329 e. The van der Waals surface area contributed by atoms with Crippen molar-refractivity contribution in [2.45, 2.75) is 71.9 Å². The number of nitrogens with zero attached hydrogens (tertiary/aromatic N) is 1. The van der Waals surface area contributed by atoms with Gasteiger partial charge in [-0.05, 0) is 37.6 Å². The molecule has 2 N–H and O–H groups in total. The number of likely N-dealkylation sites (tertiary alicyclic amines) is 1. The van der Waals surface area contributed by atoms with Crippen molar-refractivity contribution in [3.05, 3.63) is 0 Å². The van der Waals surface area contributed by atoms with Gasteiger partial charge in [0, 0.05) is 18.6 Å². The summed E-state index contributed by atoms with van der Waals surface area (Å²) in [6, 6.07) is 1.37. The van der Waals surface area contributed by atoms with E-state index in [2.05, 4.69) is 32.6 Å². The quantitative estimate of drug-likeness (QED) is 0.798. The van der Waals surface area contributed by atoms with Crippen LogP contribution >= 0.6 is 0 Å². The highest BCUT2D eigenvalue weighted by atomic mass is 15.2. The molecule has 1 saturated heterocycles. The second kappa shape index (κ2) is 6.02. The van der Waals surface area contributed by atoms with Gasteiger partial charge in [-0.25, -0.2) is 0 Å². The van der Waals surface area contributed by atoms with Gasteiger partial charge in [0.2, 0.25) is 0 Å². The molecular weight excluding hydrogens is 196 g/mol. The monoisotopic (exact) mass is 226 g/mol. The summed E-state index contributed by atoms with van der Waals surface area (Å²) in [7, 11) is 0. The highest BCUT2D eigenvalue weighted by Gasteiger charge is 2.29. The number of hydrogen-bond acceptors (Lipinski definition) is 2. The van der Waals surface area contributed by atoms with E-state index in [0.717, 1.165) is 12.6 Å². The summed E-state index contributed by atoms with van der Waals surface area (Å²) in [6.07, 6.45) is 6.64. The van der Waals surface area contributed by atoms with E-state index in [1.807, 2.05) is 0 Å². The molecule has 0 aromatic carbocycles. The third-order valence-corrected chi connectivity index (χ3v) is 3.73. The van der Waals surface area contributed by atoms with E-state index < -0.39 is 0 Å². The largest absolute Gasteiger partial charge is 0.329 e. The maximum atomic E-state index is 5.99. The van der Waals surface area contributed by atoms with Gasteiger partial charge in [-0.3, -0.25) is 4.90 Å². The van der Waals surface area contributed by atoms with Crippen molar-refractivity contribution in [2.24, 2.45) is 11.1 Å². The van der Waals surface area contributed by atoms with Crippen LogP contribution in [0, 0.1) is 5.41 Å². The molecule has 2 heteroatoms. The summed E-state index contributed by atoms with van der Waals surface area (Å²) in [5, 5.41) is 0. The van der Waals surface area contributed by atoms with Crippen LogP contribution in [0.25, 0.3) is 0 Å². The molecule has 0 aromatic rings. The molecule has 1 aliphatic rings. The first-order valence-corrected chi connectivity index (χ1v) is 6.93. The summed E-state index contributed by atoms with van der Waals surface area (Å²) in [4.78, 5) is 2.69. The van der Waals surface area contributed by atoms with E-state index in [4.69, 9.17) is 5.73 Å². The van der Waals surface area contributed by atoms with Crippen molar-refractivity contribution in [1.82, 2.24) is 4.90 Å². The predicted octanol–water partition coefficient (Wildman–Crippen LogP) is 3.01. The molecule has 96 valence electrons. The van der Waals surface area contributed by atoms with E-state index in [9.17, 15) is 0 Å². The molecule has 2 atom stereocenters. The SMILES string of the molecule is CCC1CCCCN1C(CN)CC(C)(C)C. The normalized spacial score (nSPS) is 25.7. The van der Waals surface area contributed by atoms with Gasteiger partial charge in [0.05, 0.1) is 0 Å². The first-order chi connectivity index (χ1) is 7.48. The molecule has 1 aliphatic heterocycles. The van der Waals surface area contributed by atoms with Gasteiger partial charge in [-0.1, -0.05) is 34.1 Å². The Kier molecular flexibility index (Phi) is 5.26. The molecule has 1 rings (SSSR count). The van der Waals surface area contributed by atoms with Gasteiger partial charge in [-0.15, -0.1) is 0 Å². The fourth-order valence-electron chi connectivity index (χ4n) is 2.98. The van der Waals surface area contributed by atoms with Crippen molar-refractivity contribution in [3.8, 4) is 0 Å². The number of piperidine rings is 1. The van der Waals surface area contributed by atoms with E-state index >= 15 is 0 Å². The van der Waals surface area contributed by atoms with Gasteiger partial charge < -0.3 is 5.73 Å². The highest BCUT2D eigenvalue weighted by Crippen LogP contribution is 2.28. The first-order valence-electron chi connectivity index (χ1n) is 6.93. The van der Waals surface area contributed by atoms with Crippen molar-refractivity contribution in [3.63, 3.8) is 0 Å². The Morgan fingerprint density at radius 3 is 2.50 bits per heavy atom. The number of nitrogens with two attached hydrogens (primary N) is 1. The average molecular weight is 226 g/mol. The lowest BCUT2D eigenvalue weighted by atomic mass is 9.85. The summed E-state index contributed by atoms with van der Waals surface area (Å²) < 4.78 is 0. The minimum atomic E-state index is 0.389. The number of hydrogen-bond donors (Lipinski definition) is 1. The van der Waals surface area contributed by atoms with Crippen molar-refractivity contribution in [2.75, 3.05) is 13.1 Å². The molecule has 0 bridgehead atoms. The van der Waals surface area contributed by atoms with Crippen LogP contribution in [0.3, 0.4) is 0 Å². The third kappa shape index (κ3) is 4.06. The lowest BCUT2D eigenvalue weighted by molar-refractivity contribution is 0.0717. The fourth-order valence-corrected chi connectivity index (χ4v) is 2.98. The van der Waals surface area contributed by atoms with E-state index in [0.29, 0.717) is 11.5 Å². The summed E-state index contributed by atoms with van der Waals surface area (Å²) >= 11 is 0. The van der Waals surface area contributed by atoms with Crippen LogP contribution < -0.4 is 5.73 Å². The van der Waals surface area contributed by atoms with E-state index in [1.54, 1.807) is 0 Å². The molecule has 2 nitrogen and oxygen atoms in total. The van der Waals surface area contributed by atoms with Gasteiger partial charge in [0.1, 0.15) is 0 Å². The van der Waals surface area contributed by atoms with E-state index in [-0.39, 0.29) is 0 Å². The first kappa shape index (κ1) is 14.0. The predicted molar refractivity (Wildman–Crippen MR) is 71.6 cm³/mol. The summed E-state index contributed by atoms with van der Waals surface area (Å²) in [5.41, 5.74) is 6.37. The van der Waals surface area contributed by atoms with Gasteiger partial charge >= 0.3 is 0 Å². The lowest BCUT2D eigenvalue weighted by Gasteiger charge is -2.42. The molecule has 0 amide bonds. The molecule has 1 fully saturated rings. The zero-order valence-electron chi connectivity index (χ0n) is 11.6. The Balaban J connectivity index is 2.62. The second-order valence-corrected chi connectivity index (χ2v) is 6.45. The molecule has 0 saturated carbocycles. The summed E-state index contributed by atoms with van der Waals surface area (Å²) in [6.45, 7) is 11.3. The highest BCUT2D eigenvalue weighted by molar-refractivity contribution is 4.85. The minimum absolute atomic E-state index is 0.389. The maximum absolute atomic E-state index is 5.99. The Morgan fingerprint density at radius 2 is 2.00 bits per heavy atom. The van der Waals surface area contributed by atoms with Crippen LogP contribution in [0.1, 0.15) is 59.8 Å². The smallest absolute Gasteiger partial charge is 0.0226 e. The van der Waals surface area contributed by atoms with Crippen molar-refractivity contribution < 1.29 is 0 Å². The van der Waals surface area contributed by atoms with Crippen molar-refractivity contribution in [1.29, 1.82) is 0 Å². The average Bonchev–Trinajstić information content (AvgIpc) is 2.24. The van der Waals surface area contributed by atoms with Crippen LogP contribution in [0.4, 0.5) is 0 Å². The maximum Gasteiger partial charge on any atom is 0.0226 e. The van der Waals surface area contributed by atoms with Crippen molar-refractivity contribution >= 4 is 0 Å². The van der Waals surface area contributed by atoms with Crippen LogP contribution in [-0.4, -0.2) is 30.1 Å². The molecule has 16 heavy (non-hydrogen) atoms. The molecule has 0 aromatic heterocycles. The molecular formula is C14H30N2. The second-order valence-electron chi connectivity index (χ2n) is 6.45. The topological polar surface area (TPSA) is 29.3 Å². The zero-order valence-corrected chi connectivity index (χ0v) is 11.6. The fraction of sp³-hybridized carbons (Fsp3) is 1.00. The molecule has 1 heterocycles. The standard InChI is InChI=1S/C14H30N2/c1-5-12-8-6-7-9-16(12)13(11-15)10-14(2,3)4/h12-13H,5-11,15H2,1-4H3. The third-order valence-electron chi connectivity index (χ3n) is 3.73. The van der Waals surface area contributed by atoms with Crippen LogP contribution in [0.5, 0.6) is 0 Å². The lowest BCUT2D eigenvalue weighted by Crippen LogP contribution is -2.50. The summed E-state index contributed by atoms with van der Waals surface area (Å²) in [5.74, 6) is 0. The molecule has 2 unspecified atom stereocenters. The Labute approximate surface area is 102 Å². The Hall–Kier alpha value is -0.0800. The van der Waals surface area contributed by atoms with Crippen LogP contribution in [0.15, 0.2) is 0 Å². The van der Waals surface area contributed by atoms with E-state index in [1.165, 1.54) is 38.6 Å². The Bertz CT molecular complexity index is 195. The van der Waals surface area contributed by atoms with Gasteiger partial charge in [0.25, 0.3) is 0 Å². The van der Waals surface area contributed by atoms with Gasteiger partial charge in [-0.2, -0.15) is 0 Å². The molecule has 0 aliphatic carbocycles. The van der Waals surface area contributed by atoms with Crippen LogP contribution in [0.2, 0.25) is 0 Å². The molecule has 0 radical (unpaired) electrons.